The van der Waals surface area contributed by atoms with Crippen molar-refractivity contribution < 1.29 is 18.5 Å². The highest BCUT2D eigenvalue weighted by Crippen LogP contribution is 2.43. The van der Waals surface area contributed by atoms with Crippen molar-refractivity contribution in [1.29, 1.82) is 0 Å². The van der Waals surface area contributed by atoms with Crippen LogP contribution in [0.4, 0.5) is 0 Å². The second kappa shape index (κ2) is 8.37. The summed E-state index contributed by atoms with van der Waals surface area (Å²) < 4.78 is 20.2. The van der Waals surface area contributed by atoms with Gasteiger partial charge in [-0.2, -0.15) is 0 Å². The Balaban J connectivity index is 3.72. The normalized spacial score (nSPS) is 17.7. The molecule has 9 heteroatoms. The van der Waals surface area contributed by atoms with Gasteiger partial charge in [-0.25, -0.2) is 4.57 Å². The van der Waals surface area contributed by atoms with Crippen molar-refractivity contribution in [2.24, 2.45) is 0 Å². The van der Waals surface area contributed by atoms with Crippen molar-refractivity contribution >= 4 is 54.2 Å². The minimum Gasteiger partial charge on any atom is -0.302 e. The lowest BCUT2D eigenvalue weighted by Gasteiger charge is -2.13. The summed E-state index contributed by atoms with van der Waals surface area (Å²) in [7, 11) is -4.08. The topological polar surface area (TPSA) is 55.8 Å². The first kappa shape index (κ1) is 16.3. The summed E-state index contributed by atoms with van der Waals surface area (Å²) in [5, 5.41) is -0.537. The van der Waals surface area contributed by atoms with Crippen LogP contribution in [0.3, 0.4) is 0 Å². The van der Waals surface area contributed by atoms with Crippen LogP contribution in [0.1, 0.15) is 6.42 Å². The van der Waals surface area contributed by atoms with E-state index in [9.17, 15) is 4.57 Å². The minimum absolute atomic E-state index is 0.0702. The molecule has 0 saturated carbocycles. The number of halogens is 4. The lowest BCUT2D eigenvalue weighted by Crippen LogP contribution is -2.10. The SMILES string of the molecule is O=P(O)(OCCC(Cl)Cl)OCC(Cl)CCl. The Labute approximate surface area is 108 Å². The minimum atomic E-state index is -4.08. The number of phosphoric ester groups is 1. The molecule has 0 aromatic heterocycles. The van der Waals surface area contributed by atoms with Crippen LogP contribution in [0.5, 0.6) is 0 Å². The average molecular weight is 320 g/mol. The van der Waals surface area contributed by atoms with E-state index < -0.39 is 18.0 Å². The Kier molecular flexibility index (Phi) is 9.08. The van der Waals surface area contributed by atoms with E-state index in [2.05, 4.69) is 9.05 Å². The number of hydrogen-bond acceptors (Lipinski definition) is 3. The van der Waals surface area contributed by atoms with E-state index in [0.29, 0.717) is 0 Å². The van der Waals surface area contributed by atoms with Crippen LogP contribution in [0.2, 0.25) is 0 Å². The molecule has 0 fully saturated rings. The van der Waals surface area contributed by atoms with Gasteiger partial charge in [0.2, 0.25) is 0 Å². The quantitative estimate of drug-likeness (QED) is 0.551. The summed E-state index contributed by atoms with van der Waals surface area (Å²) in [6.07, 6.45) is 0.233. The molecule has 0 aromatic rings. The highest BCUT2D eigenvalue weighted by Gasteiger charge is 2.22. The van der Waals surface area contributed by atoms with Gasteiger partial charge in [-0.3, -0.25) is 9.05 Å². The molecule has 1 N–H and O–H groups in total. The summed E-state index contributed by atoms with van der Waals surface area (Å²) in [4.78, 5) is 8.45. The summed E-state index contributed by atoms with van der Waals surface area (Å²) >= 11 is 21.7. The summed E-state index contributed by atoms with van der Waals surface area (Å²) in [5.74, 6) is 0.118. The standard InChI is InChI=1S/C6H11Cl4O4P/c7-3-5(8)4-14-15(11,12)13-2-1-6(9)10/h5-6H,1-4H2,(H,11,12). The maximum atomic E-state index is 11.1. The Morgan fingerprint density at radius 1 is 1.27 bits per heavy atom. The van der Waals surface area contributed by atoms with Gasteiger partial charge >= 0.3 is 7.82 Å². The van der Waals surface area contributed by atoms with Gasteiger partial charge in [0.15, 0.2) is 0 Å². The molecule has 4 nitrogen and oxygen atoms in total. The van der Waals surface area contributed by atoms with Crippen molar-refractivity contribution in [3.63, 3.8) is 0 Å². The smallest absolute Gasteiger partial charge is 0.302 e. The molecule has 0 spiro atoms. The molecule has 0 amide bonds. The van der Waals surface area contributed by atoms with Gasteiger partial charge in [-0.15, -0.1) is 46.4 Å². The summed E-state index contributed by atoms with van der Waals surface area (Å²) in [6, 6.07) is 0. The van der Waals surface area contributed by atoms with Crippen molar-refractivity contribution in [3.8, 4) is 0 Å². The molecule has 15 heavy (non-hydrogen) atoms. The molecule has 0 saturated heterocycles. The van der Waals surface area contributed by atoms with Crippen LogP contribution >= 0.6 is 54.2 Å². The van der Waals surface area contributed by atoms with Gasteiger partial charge in [-0.1, -0.05) is 0 Å². The molecule has 0 aliphatic heterocycles. The zero-order valence-electron chi connectivity index (χ0n) is 7.61. The van der Waals surface area contributed by atoms with E-state index in [-0.39, 0.29) is 25.5 Å². The predicted octanol–water partition coefficient (Wildman–Crippen LogP) is 3.16. The van der Waals surface area contributed by atoms with Crippen molar-refractivity contribution in [2.75, 3.05) is 19.1 Å². The third-order valence-electron chi connectivity index (χ3n) is 1.18. The average Bonchev–Trinajstić information content (AvgIpc) is 2.13. The third-order valence-corrected chi connectivity index (χ3v) is 3.41. The summed E-state index contributed by atoms with van der Waals surface area (Å²) in [6.45, 7) is -0.233. The first-order valence-corrected chi connectivity index (χ1v) is 7.31. The van der Waals surface area contributed by atoms with E-state index >= 15 is 0 Å². The van der Waals surface area contributed by atoms with Crippen LogP contribution < -0.4 is 0 Å². The van der Waals surface area contributed by atoms with Crippen LogP contribution in [-0.4, -0.2) is 34.2 Å². The van der Waals surface area contributed by atoms with Gasteiger partial charge in [-0.05, 0) is 0 Å². The maximum absolute atomic E-state index is 11.1. The molecule has 0 radical (unpaired) electrons. The van der Waals surface area contributed by atoms with E-state index in [1.807, 2.05) is 0 Å². The van der Waals surface area contributed by atoms with Gasteiger partial charge < -0.3 is 4.89 Å². The van der Waals surface area contributed by atoms with E-state index in [0.717, 1.165) is 0 Å². The Hall–Kier alpha value is 1.27. The molecule has 0 aliphatic rings. The van der Waals surface area contributed by atoms with E-state index in [1.165, 1.54) is 0 Å². The fourth-order valence-corrected chi connectivity index (χ4v) is 1.71. The molecular formula is C6H11Cl4O4P. The van der Waals surface area contributed by atoms with Gasteiger partial charge in [0.1, 0.15) is 4.84 Å². The van der Waals surface area contributed by atoms with Crippen LogP contribution in [0.15, 0.2) is 0 Å². The lowest BCUT2D eigenvalue weighted by molar-refractivity contribution is 0.150. The Morgan fingerprint density at radius 3 is 2.33 bits per heavy atom. The molecule has 92 valence electrons. The molecule has 0 aliphatic carbocycles. The van der Waals surface area contributed by atoms with Crippen LogP contribution in [-0.2, 0) is 13.6 Å². The predicted molar refractivity (Wildman–Crippen MR) is 62.2 cm³/mol. The second-order valence-corrected chi connectivity index (χ2v) is 6.19. The third kappa shape index (κ3) is 10.2. The maximum Gasteiger partial charge on any atom is 0.472 e. The molecule has 0 heterocycles. The number of hydrogen-bond donors (Lipinski definition) is 1. The fourth-order valence-electron chi connectivity index (χ4n) is 0.514. The molecule has 0 aromatic carbocycles. The first-order chi connectivity index (χ1) is 6.87. The van der Waals surface area contributed by atoms with E-state index in [4.69, 9.17) is 51.3 Å². The van der Waals surface area contributed by atoms with E-state index in [1.54, 1.807) is 0 Å². The summed E-state index contributed by atoms with van der Waals surface area (Å²) in [5.41, 5.74) is 0. The molecule has 2 unspecified atom stereocenters. The van der Waals surface area contributed by atoms with Crippen LogP contribution in [0, 0.1) is 0 Å². The largest absolute Gasteiger partial charge is 0.472 e. The highest BCUT2D eigenvalue weighted by atomic mass is 35.5. The van der Waals surface area contributed by atoms with Crippen LogP contribution in [0.25, 0.3) is 0 Å². The van der Waals surface area contributed by atoms with Gasteiger partial charge in [0.25, 0.3) is 0 Å². The van der Waals surface area contributed by atoms with Crippen molar-refractivity contribution in [2.45, 2.75) is 16.6 Å². The fraction of sp³-hybridized carbons (Fsp3) is 1.00. The van der Waals surface area contributed by atoms with Crippen molar-refractivity contribution in [1.82, 2.24) is 0 Å². The molecule has 2 atom stereocenters. The first-order valence-electron chi connectivity index (χ1n) is 3.97. The second-order valence-electron chi connectivity index (χ2n) is 2.53. The zero-order valence-corrected chi connectivity index (χ0v) is 11.5. The van der Waals surface area contributed by atoms with Crippen molar-refractivity contribution in [3.05, 3.63) is 0 Å². The van der Waals surface area contributed by atoms with Gasteiger partial charge in [0, 0.05) is 12.3 Å². The number of alkyl halides is 4. The Bertz CT molecular complexity index is 215. The highest BCUT2D eigenvalue weighted by molar-refractivity contribution is 7.47. The number of rotatable bonds is 8. The Morgan fingerprint density at radius 2 is 1.87 bits per heavy atom. The number of phosphoric acid groups is 1. The van der Waals surface area contributed by atoms with Gasteiger partial charge in [0.05, 0.1) is 18.6 Å². The molecule has 0 bridgehead atoms. The molecule has 0 rings (SSSR count). The molecular weight excluding hydrogens is 309 g/mol. The lowest BCUT2D eigenvalue weighted by atomic mass is 10.5. The zero-order chi connectivity index (χ0) is 11.9. The monoisotopic (exact) mass is 318 g/mol.